The fourth-order valence-corrected chi connectivity index (χ4v) is 2.06. The molecular weight excluding hydrogens is 236 g/mol. The van der Waals surface area contributed by atoms with Crippen molar-refractivity contribution < 1.29 is 0 Å². The molecule has 0 aliphatic carbocycles. The number of pyridine rings is 1. The monoisotopic (exact) mass is 256 g/mol. The van der Waals surface area contributed by atoms with Crippen LogP contribution in [0.5, 0.6) is 0 Å². The number of benzene rings is 1. The predicted molar refractivity (Wildman–Crippen MR) is 78.3 cm³/mol. The molecule has 0 atom stereocenters. The van der Waals surface area contributed by atoms with Gasteiger partial charge in [0, 0.05) is 24.8 Å². The molecule has 3 N–H and O–H groups in total. The molecule has 100 valence electrons. The number of hydrogen-bond acceptors (Lipinski definition) is 4. The van der Waals surface area contributed by atoms with Gasteiger partial charge in [0.1, 0.15) is 5.82 Å². The fourth-order valence-electron chi connectivity index (χ4n) is 2.06. The maximum atomic E-state index is 5.49. The Hall–Kier alpha value is -1.91. The quantitative estimate of drug-likeness (QED) is 0.615. The first-order valence-electron chi connectivity index (χ1n) is 6.50. The van der Waals surface area contributed by atoms with Gasteiger partial charge in [-0.05, 0) is 18.2 Å². The van der Waals surface area contributed by atoms with Crippen molar-refractivity contribution in [1.82, 2.24) is 9.88 Å². The van der Waals surface area contributed by atoms with E-state index in [4.69, 9.17) is 5.84 Å². The maximum absolute atomic E-state index is 5.49. The van der Waals surface area contributed by atoms with Gasteiger partial charge in [0.2, 0.25) is 0 Å². The van der Waals surface area contributed by atoms with Crippen molar-refractivity contribution in [3.05, 3.63) is 59.8 Å². The molecule has 1 aromatic carbocycles. The Morgan fingerprint density at radius 1 is 1.11 bits per heavy atom. The summed E-state index contributed by atoms with van der Waals surface area (Å²) in [7, 11) is 0. The highest BCUT2D eigenvalue weighted by Gasteiger charge is 2.08. The molecule has 0 fully saturated rings. The molecule has 2 aromatic rings. The van der Waals surface area contributed by atoms with E-state index in [2.05, 4.69) is 52.6 Å². The number of aromatic nitrogens is 1. The molecule has 0 aliphatic heterocycles. The van der Waals surface area contributed by atoms with Crippen molar-refractivity contribution in [1.29, 1.82) is 0 Å². The number of rotatable bonds is 6. The molecule has 0 aliphatic rings. The van der Waals surface area contributed by atoms with Crippen LogP contribution in [0.25, 0.3) is 0 Å². The van der Waals surface area contributed by atoms with E-state index >= 15 is 0 Å². The van der Waals surface area contributed by atoms with Crippen LogP contribution in [0.2, 0.25) is 0 Å². The molecule has 0 unspecified atom stereocenters. The second-order valence-electron chi connectivity index (χ2n) is 4.44. The summed E-state index contributed by atoms with van der Waals surface area (Å²) in [6.07, 6.45) is 1.74. The minimum absolute atomic E-state index is 0.744. The third-order valence-electron chi connectivity index (χ3n) is 3.12. The van der Waals surface area contributed by atoms with Crippen LogP contribution in [0.1, 0.15) is 18.1 Å². The molecule has 0 bridgehead atoms. The average molecular weight is 256 g/mol. The number of anilines is 1. The van der Waals surface area contributed by atoms with Crippen molar-refractivity contribution in [2.24, 2.45) is 5.84 Å². The first-order valence-corrected chi connectivity index (χ1v) is 6.50. The number of nitrogen functional groups attached to an aromatic ring is 1. The first-order chi connectivity index (χ1) is 9.33. The van der Waals surface area contributed by atoms with Crippen LogP contribution in [0.3, 0.4) is 0 Å². The SMILES string of the molecule is CCN(Cc1ccccc1)Cc1cccnc1NN. The highest BCUT2D eigenvalue weighted by atomic mass is 15.3. The van der Waals surface area contributed by atoms with Gasteiger partial charge in [-0.3, -0.25) is 4.90 Å². The normalized spacial score (nSPS) is 10.7. The molecular formula is C15H20N4. The van der Waals surface area contributed by atoms with Crippen LogP contribution in [-0.4, -0.2) is 16.4 Å². The lowest BCUT2D eigenvalue weighted by Gasteiger charge is -2.21. The molecule has 1 aromatic heterocycles. The van der Waals surface area contributed by atoms with E-state index in [-0.39, 0.29) is 0 Å². The minimum atomic E-state index is 0.744. The summed E-state index contributed by atoms with van der Waals surface area (Å²) in [5, 5.41) is 0. The molecule has 1 heterocycles. The topological polar surface area (TPSA) is 54.2 Å². The molecule has 0 saturated heterocycles. The smallest absolute Gasteiger partial charge is 0.144 e. The van der Waals surface area contributed by atoms with Crippen molar-refractivity contribution in [2.45, 2.75) is 20.0 Å². The van der Waals surface area contributed by atoms with Crippen molar-refractivity contribution in [3.63, 3.8) is 0 Å². The molecule has 4 heteroatoms. The van der Waals surface area contributed by atoms with Crippen LogP contribution < -0.4 is 11.3 Å². The van der Waals surface area contributed by atoms with E-state index in [9.17, 15) is 0 Å². The third-order valence-corrected chi connectivity index (χ3v) is 3.12. The second kappa shape index (κ2) is 6.87. The highest BCUT2D eigenvalue weighted by molar-refractivity contribution is 5.42. The zero-order chi connectivity index (χ0) is 13.5. The number of hydrazine groups is 1. The van der Waals surface area contributed by atoms with Gasteiger partial charge in [0.15, 0.2) is 0 Å². The van der Waals surface area contributed by atoms with Gasteiger partial charge in [-0.2, -0.15) is 0 Å². The molecule has 0 spiro atoms. The maximum Gasteiger partial charge on any atom is 0.144 e. The van der Waals surface area contributed by atoms with E-state index in [1.54, 1.807) is 6.20 Å². The second-order valence-corrected chi connectivity index (χ2v) is 4.44. The van der Waals surface area contributed by atoms with Gasteiger partial charge in [-0.1, -0.05) is 43.3 Å². The third kappa shape index (κ3) is 3.77. The summed E-state index contributed by atoms with van der Waals surface area (Å²) in [6.45, 7) is 4.90. The van der Waals surface area contributed by atoms with Crippen molar-refractivity contribution in [3.8, 4) is 0 Å². The average Bonchev–Trinajstić information content (AvgIpc) is 2.48. The summed E-state index contributed by atoms with van der Waals surface area (Å²) in [5.41, 5.74) is 5.08. The summed E-state index contributed by atoms with van der Waals surface area (Å²) in [5.74, 6) is 6.23. The van der Waals surface area contributed by atoms with Gasteiger partial charge in [0.05, 0.1) is 0 Å². The van der Waals surface area contributed by atoms with E-state index in [1.807, 2.05) is 12.1 Å². The lowest BCUT2D eigenvalue weighted by atomic mass is 10.2. The standard InChI is InChI=1S/C15H20N4/c1-2-19(11-13-7-4-3-5-8-13)12-14-9-6-10-17-15(14)18-16/h3-10H,2,11-12,16H2,1H3,(H,17,18). The number of nitrogens with one attached hydrogen (secondary N) is 1. The van der Waals surface area contributed by atoms with Crippen LogP contribution in [0.4, 0.5) is 5.82 Å². The number of nitrogens with two attached hydrogens (primary N) is 1. The van der Waals surface area contributed by atoms with E-state index < -0.39 is 0 Å². The number of nitrogens with zero attached hydrogens (tertiary/aromatic N) is 2. The van der Waals surface area contributed by atoms with Gasteiger partial charge in [0.25, 0.3) is 0 Å². The van der Waals surface area contributed by atoms with Crippen LogP contribution in [0.15, 0.2) is 48.7 Å². The zero-order valence-corrected chi connectivity index (χ0v) is 11.2. The molecule has 0 saturated carbocycles. The Morgan fingerprint density at radius 3 is 2.58 bits per heavy atom. The summed E-state index contributed by atoms with van der Waals surface area (Å²) in [4.78, 5) is 6.58. The molecule has 0 amide bonds. The predicted octanol–water partition coefficient (Wildman–Crippen LogP) is 2.39. The number of hydrogen-bond donors (Lipinski definition) is 2. The fraction of sp³-hybridized carbons (Fsp3) is 0.267. The zero-order valence-electron chi connectivity index (χ0n) is 11.2. The molecule has 19 heavy (non-hydrogen) atoms. The van der Waals surface area contributed by atoms with Crippen molar-refractivity contribution in [2.75, 3.05) is 12.0 Å². The molecule has 0 radical (unpaired) electrons. The van der Waals surface area contributed by atoms with Gasteiger partial charge in [-0.25, -0.2) is 10.8 Å². The Bertz CT molecular complexity index is 499. The molecule has 4 nitrogen and oxygen atoms in total. The lowest BCUT2D eigenvalue weighted by molar-refractivity contribution is 0.271. The van der Waals surface area contributed by atoms with Gasteiger partial charge < -0.3 is 5.43 Å². The molecule has 2 rings (SSSR count). The van der Waals surface area contributed by atoms with Crippen LogP contribution in [-0.2, 0) is 13.1 Å². The largest absolute Gasteiger partial charge is 0.308 e. The van der Waals surface area contributed by atoms with Crippen molar-refractivity contribution >= 4 is 5.82 Å². The summed E-state index contributed by atoms with van der Waals surface area (Å²) < 4.78 is 0. The lowest BCUT2D eigenvalue weighted by Crippen LogP contribution is -2.23. The Balaban J connectivity index is 2.07. The minimum Gasteiger partial charge on any atom is -0.308 e. The summed E-state index contributed by atoms with van der Waals surface area (Å²) >= 11 is 0. The van der Waals surface area contributed by atoms with E-state index in [1.165, 1.54) is 5.56 Å². The first kappa shape index (κ1) is 13.5. The Morgan fingerprint density at radius 2 is 1.89 bits per heavy atom. The Kier molecular flexibility index (Phi) is 4.89. The highest BCUT2D eigenvalue weighted by Crippen LogP contribution is 2.14. The van der Waals surface area contributed by atoms with E-state index in [0.29, 0.717) is 0 Å². The van der Waals surface area contributed by atoms with Crippen LogP contribution >= 0.6 is 0 Å². The Labute approximate surface area is 114 Å². The van der Waals surface area contributed by atoms with Gasteiger partial charge >= 0.3 is 0 Å². The van der Waals surface area contributed by atoms with Crippen LogP contribution in [0, 0.1) is 0 Å². The van der Waals surface area contributed by atoms with Gasteiger partial charge in [-0.15, -0.1) is 0 Å². The summed E-state index contributed by atoms with van der Waals surface area (Å²) in [6, 6.07) is 14.5. The van der Waals surface area contributed by atoms with E-state index in [0.717, 1.165) is 31.0 Å².